The van der Waals surface area contributed by atoms with E-state index >= 15 is 0 Å². The molecule has 0 spiro atoms. The lowest BCUT2D eigenvalue weighted by Gasteiger charge is -2.13. The second-order valence-corrected chi connectivity index (χ2v) is 3.90. The highest BCUT2D eigenvalue weighted by molar-refractivity contribution is 5.43. The lowest BCUT2D eigenvalue weighted by atomic mass is 10.0. The molecule has 1 unspecified atom stereocenters. The standard InChI is InChI=1S/C13H20FNO2/c1-3-11(15)8-10-4-5-12(16-2)13(9-10)17-7-6-14/h4-5,9,11H,3,6-8,15H2,1-2H3. The van der Waals surface area contributed by atoms with E-state index in [2.05, 4.69) is 6.92 Å². The molecule has 0 aromatic heterocycles. The first kappa shape index (κ1) is 13.8. The number of hydrogen-bond acceptors (Lipinski definition) is 3. The van der Waals surface area contributed by atoms with E-state index in [1.807, 2.05) is 18.2 Å². The van der Waals surface area contributed by atoms with Gasteiger partial charge in [0.2, 0.25) is 0 Å². The molecule has 0 aliphatic heterocycles. The molecule has 0 bridgehead atoms. The van der Waals surface area contributed by atoms with Gasteiger partial charge in [-0.15, -0.1) is 0 Å². The molecule has 2 N–H and O–H groups in total. The van der Waals surface area contributed by atoms with E-state index in [1.54, 1.807) is 7.11 Å². The van der Waals surface area contributed by atoms with Crippen LogP contribution in [0.4, 0.5) is 4.39 Å². The normalized spacial score (nSPS) is 12.2. The number of benzene rings is 1. The summed E-state index contributed by atoms with van der Waals surface area (Å²) in [5.41, 5.74) is 6.97. The average Bonchev–Trinajstić information content (AvgIpc) is 2.36. The molecule has 0 saturated carbocycles. The molecule has 1 aromatic rings. The quantitative estimate of drug-likeness (QED) is 0.796. The van der Waals surface area contributed by atoms with Crippen LogP contribution >= 0.6 is 0 Å². The van der Waals surface area contributed by atoms with Crippen LogP contribution in [0.2, 0.25) is 0 Å². The predicted octanol–water partition coefficient (Wildman–Crippen LogP) is 2.32. The zero-order valence-electron chi connectivity index (χ0n) is 10.4. The van der Waals surface area contributed by atoms with E-state index in [4.69, 9.17) is 15.2 Å². The van der Waals surface area contributed by atoms with Crippen molar-refractivity contribution in [2.24, 2.45) is 5.73 Å². The molecule has 0 amide bonds. The molecular formula is C13H20FNO2. The van der Waals surface area contributed by atoms with Crippen LogP contribution in [-0.4, -0.2) is 26.4 Å². The Labute approximate surface area is 102 Å². The van der Waals surface area contributed by atoms with Crippen molar-refractivity contribution < 1.29 is 13.9 Å². The van der Waals surface area contributed by atoms with Crippen molar-refractivity contribution in [1.82, 2.24) is 0 Å². The summed E-state index contributed by atoms with van der Waals surface area (Å²) in [7, 11) is 1.56. The van der Waals surface area contributed by atoms with Gasteiger partial charge in [0.25, 0.3) is 0 Å². The van der Waals surface area contributed by atoms with Gasteiger partial charge in [-0.3, -0.25) is 0 Å². The van der Waals surface area contributed by atoms with Gasteiger partial charge in [0.05, 0.1) is 7.11 Å². The van der Waals surface area contributed by atoms with Gasteiger partial charge in [0, 0.05) is 6.04 Å². The van der Waals surface area contributed by atoms with E-state index in [0.717, 1.165) is 18.4 Å². The molecule has 1 aromatic carbocycles. The first-order valence-corrected chi connectivity index (χ1v) is 5.82. The van der Waals surface area contributed by atoms with Gasteiger partial charge in [-0.25, -0.2) is 4.39 Å². The van der Waals surface area contributed by atoms with Crippen LogP contribution in [0.3, 0.4) is 0 Å². The summed E-state index contributed by atoms with van der Waals surface area (Å²) < 4.78 is 22.5. The zero-order valence-corrected chi connectivity index (χ0v) is 10.4. The van der Waals surface area contributed by atoms with Crippen molar-refractivity contribution in [3.63, 3.8) is 0 Å². The molecule has 96 valence electrons. The number of rotatable bonds is 7. The maximum atomic E-state index is 12.1. The summed E-state index contributed by atoms with van der Waals surface area (Å²) in [6, 6.07) is 5.78. The van der Waals surface area contributed by atoms with Gasteiger partial charge < -0.3 is 15.2 Å². The molecule has 4 heteroatoms. The fourth-order valence-electron chi connectivity index (χ4n) is 1.56. The van der Waals surface area contributed by atoms with E-state index in [0.29, 0.717) is 11.5 Å². The van der Waals surface area contributed by atoms with Gasteiger partial charge in [-0.05, 0) is 30.5 Å². The molecule has 3 nitrogen and oxygen atoms in total. The van der Waals surface area contributed by atoms with E-state index in [-0.39, 0.29) is 12.6 Å². The van der Waals surface area contributed by atoms with Crippen LogP contribution in [-0.2, 0) is 6.42 Å². The Morgan fingerprint density at radius 2 is 2.12 bits per heavy atom. The molecule has 1 atom stereocenters. The third kappa shape index (κ3) is 4.23. The Balaban J connectivity index is 2.80. The van der Waals surface area contributed by atoms with Crippen LogP contribution in [0, 0.1) is 0 Å². The van der Waals surface area contributed by atoms with Gasteiger partial charge in [-0.1, -0.05) is 13.0 Å². The van der Waals surface area contributed by atoms with Crippen LogP contribution in [0.25, 0.3) is 0 Å². The minimum atomic E-state index is -0.512. The number of nitrogens with two attached hydrogens (primary N) is 1. The summed E-state index contributed by atoms with van der Waals surface area (Å²) in [5, 5.41) is 0. The SMILES string of the molecule is CCC(N)Cc1ccc(OC)c(OCCF)c1. The van der Waals surface area contributed by atoms with Gasteiger partial charge in [0.1, 0.15) is 13.3 Å². The number of ether oxygens (including phenoxy) is 2. The van der Waals surface area contributed by atoms with Crippen LogP contribution in [0.15, 0.2) is 18.2 Å². The topological polar surface area (TPSA) is 44.5 Å². The largest absolute Gasteiger partial charge is 0.493 e. The van der Waals surface area contributed by atoms with Crippen molar-refractivity contribution in [2.75, 3.05) is 20.4 Å². The number of halogens is 1. The molecule has 0 saturated heterocycles. The predicted molar refractivity (Wildman–Crippen MR) is 66.4 cm³/mol. The lowest BCUT2D eigenvalue weighted by molar-refractivity contribution is 0.260. The highest BCUT2D eigenvalue weighted by Gasteiger charge is 2.08. The molecule has 0 aliphatic rings. The first-order chi connectivity index (χ1) is 8.21. The molecule has 0 radical (unpaired) electrons. The molecule has 1 rings (SSSR count). The van der Waals surface area contributed by atoms with Crippen molar-refractivity contribution in [3.8, 4) is 11.5 Å². The third-order valence-electron chi connectivity index (χ3n) is 2.59. The molecule has 0 aliphatic carbocycles. The Morgan fingerprint density at radius 3 is 2.71 bits per heavy atom. The molecule has 17 heavy (non-hydrogen) atoms. The van der Waals surface area contributed by atoms with Crippen molar-refractivity contribution >= 4 is 0 Å². The van der Waals surface area contributed by atoms with Crippen LogP contribution < -0.4 is 15.2 Å². The van der Waals surface area contributed by atoms with E-state index in [9.17, 15) is 4.39 Å². The van der Waals surface area contributed by atoms with Crippen LogP contribution in [0.1, 0.15) is 18.9 Å². The van der Waals surface area contributed by atoms with Crippen molar-refractivity contribution in [2.45, 2.75) is 25.8 Å². The number of hydrogen-bond donors (Lipinski definition) is 1. The fraction of sp³-hybridized carbons (Fsp3) is 0.538. The van der Waals surface area contributed by atoms with Crippen LogP contribution in [0.5, 0.6) is 11.5 Å². The van der Waals surface area contributed by atoms with E-state index < -0.39 is 6.67 Å². The Bertz CT molecular complexity index is 344. The zero-order chi connectivity index (χ0) is 12.7. The Kier molecular flexibility index (Phi) is 5.77. The summed E-state index contributed by atoms with van der Waals surface area (Å²) in [6.07, 6.45) is 1.71. The van der Waals surface area contributed by atoms with Crippen molar-refractivity contribution in [1.29, 1.82) is 0 Å². The molecule has 0 heterocycles. The number of alkyl halides is 1. The summed E-state index contributed by atoms with van der Waals surface area (Å²) in [6.45, 7) is 1.58. The maximum Gasteiger partial charge on any atom is 0.161 e. The highest BCUT2D eigenvalue weighted by atomic mass is 19.1. The Morgan fingerprint density at radius 1 is 1.35 bits per heavy atom. The average molecular weight is 241 g/mol. The highest BCUT2D eigenvalue weighted by Crippen LogP contribution is 2.28. The maximum absolute atomic E-state index is 12.1. The van der Waals surface area contributed by atoms with Crippen molar-refractivity contribution in [3.05, 3.63) is 23.8 Å². The molecular weight excluding hydrogens is 221 g/mol. The minimum Gasteiger partial charge on any atom is -0.493 e. The van der Waals surface area contributed by atoms with E-state index in [1.165, 1.54) is 0 Å². The summed E-state index contributed by atoms with van der Waals surface area (Å²) in [5.74, 6) is 1.19. The monoisotopic (exact) mass is 241 g/mol. The van der Waals surface area contributed by atoms with Gasteiger partial charge >= 0.3 is 0 Å². The minimum absolute atomic E-state index is 0.0413. The summed E-state index contributed by atoms with van der Waals surface area (Å²) in [4.78, 5) is 0. The lowest BCUT2D eigenvalue weighted by Crippen LogP contribution is -2.21. The second-order valence-electron chi connectivity index (χ2n) is 3.90. The number of methoxy groups -OCH3 is 1. The summed E-state index contributed by atoms with van der Waals surface area (Å²) >= 11 is 0. The fourth-order valence-corrected chi connectivity index (χ4v) is 1.56. The van der Waals surface area contributed by atoms with Gasteiger partial charge in [-0.2, -0.15) is 0 Å². The second kappa shape index (κ2) is 7.12. The smallest absolute Gasteiger partial charge is 0.161 e. The Hall–Kier alpha value is -1.29. The van der Waals surface area contributed by atoms with Gasteiger partial charge in [0.15, 0.2) is 11.5 Å². The first-order valence-electron chi connectivity index (χ1n) is 5.82. The molecule has 0 fully saturated rings. The third-order valence-corrected chi connectivity index (χ3v) is 2.59.